The van der Waals surface area contributed by atoms with Crippen LogP contribution in [0.2, 0.25) is 0 Å². The van der Waals surface area contributed by atoms with Crippen molar-refractivity contribution in [2.75, 3.05) is 21.3 Å². The number of nitrogens with one attached hydrogen (secondary N) is 4. The van der Waals surface area contributed by atoms with Gasteiger partial charge in [-0.3, -0.25) is 0 Å². The molecule has 0 radical (unpaired) electrons. The smallest absolute Gasteiger partial charge is 0.416 e. The van der Waals surface area contributed by atoms with Gasteiger partial charge in [0.2, 0.25) is 23.5 Å². The van der Waals surface area contributed by atoms with Crippen LogP contribution in [-0.4, -0.2) is 32.4 Å². The minimum Gasteiger partial charge on any atom is -0.416 e. The average Bonchev–Trinajstić information content (AvgIpc) is 3.84. The zero-order valence-electron chi connectivity index (χ0n) is 28.1. The Labute approximate surface area is 304 Å². The summed E-state index contributed by atoms with van der Waals surface area (Å²) in [6, 6.07) is 31.9. The largest absolute Gasteiger partial charge is 0.416 e. The van der Waals surface area contributed by atoms with E-state index < -0.39 is 23.8 Å². The summed E-state index contributed by atoms with van der Waals surface area (Å²) in [5, 5.41) is 22.1. The van der Waals surface area contributed by atoms with E-state index in [1.807, 2.05) is 30.3 Å². The number of rotatable bonds is 7. The summed E-state index contributed by atoms with van der Waals surface area (Å²) in [6.07, 6.45) is -4.47. The lowest BCUT2D eigenvalue weighted by Crippen LogP contribution is -2.19. The molecule has 16 heteroatoms. The number of alkyl halides is 3. The van der Waals surface area contributed by atoms with Crippen LogP contribution in [0.4, 0.5) is 49.9 Å². The van der Waals surface area contributed by atoms with Crippen LogP contribution >= 0.6 is 0 Å². The van der Waals surface area contributed by atoms with Gasteiger partial charge in [0, 0.05) is 46.4 Å². The summed E-state index contributed by atoms with van der Waals surface area (Å²) in [5.41, 5.74) is 3.02. The van der Waals surface area contributed by atoms with E-state index in [1.54, 1.807) is 55.5 Å². The molecule has 12 nitrogen and oxygen atoms in total. The third-order valence-electron chi connectivity index (χ3n) is 7.31. The van der Waals surface area contributed by atoms with E-state index >= 15 is 0 Å². The molecule has 54 heavy (non-hydrogen) atoms. The monoisotopic (exact) mass is 736 g/mol. The van der Waals surface area contributed by atoms with Crippen LogP contribution in [0.5, 0.6) is 0 Å². The first-order valence-corrected chi connectivity index (χ1v) is 16.0. The fraction of sp³-hybridized carbons (Fsp3) is 0.0526. The molecule has 5 aromatic carbocycles. The van der Waals surface area contributed by atoms with Gasteiger partial charge in [0.1, 0.15) is 5.82 Å². The lowest BCUT2D eigenvalue weighted by Gasteiger charge is -2.11. The van der Waals surface area contributed by atoms with Crippen LogP contribution in [0.3, 0.4) is 0 Å². The maximum Gasteiger partial charge on any atom is 0.416 e. The Bertz CT molecular complexity index is 2330. The van der Waals surface area contributed by atoms with E-state index in [2.05, 4.69) is 41.6 Å². The van der Waals surface area contributed by atoms with E-state index in [0.717, 1.165) is 23.3 Å². The second-order valence-electron chi connectivity index (χ2n) is 11.3. The van der Waals surface area contributed by atoms with Gasteiger partial charge in [-0.05, 0) is 103 Å². The summed E-state index contributed by atoms with van der Waals surface area (Å²) in [7, 11) is 0. The molecule has 0 fully saturated rings. The molecule has 0 bridgehead atoms. The van der Waals surface area contributed by atoms with Crippen molar-refractivity contribution in [3.05, 3.63) is 145 Å². The third kappa shape index (κ3) is 9.91. The second kappa shape index (κ2) is 16.3. The van der Waals surface area contributed by atoms with Crippen molar-refractivity contribution in [3.63, 3.8) is 0 Å². The molecule has 0 unspecified atom stereocenters. The number of nitrogens with zero attached hydrogens (tertiary/aromatic N) is 4. The van der Waals surface area contributed by atoms with Gasteiger partial charge in [0.05, 0.1) is 5.56 Å². The molecule has 2 heterocycles. The molecule has 7 aromatic rings. The average molecular weight is 737 g/mol. The van der Waals surface area contributed by atoms with Crippen molar-refractivity contribution in [1.29, 1.82) is 0 Å². The van der Waals surface area contributed by atoms with Gasteiger partial charge in [0.15, 0.2) is 0 Å². The van der Waals surface area contributed by atoms with Gasteiger partial charge in [-0.25, -0.2) is 14.0 Å². The molecule has 0 aliphatic rings. The van der Waals surface area contributed by atoms with Crippen LogP contribution < -0.4 is 21.3 Å². The fourth-order valence-electron chi connectivity index (χ4n) is 4.75. The highest BCUT2D eigenvalue weighted by Crippen LogP contribution is 2.31. The highest BCUT2D eigenvalue weighted by molar-refractivity contribution is 6.00. The number of hydrogen-bond donors (Lipinski definition) is 4. The molecule has 272 valence electrons. The van der Waals surface area contributed by atoms with Gasteiger partial charge in [-0.15, -0.1) is 10.2 Å². The molecule has 0 atom stereocenters. The SMILES string of the molecule is Cc1nc(-c2ccc(NC(=O)Nc3cccc(C(F)(F)F)c3)cc2)no1.O=C(Nc1ccc(F)cc1)Nc1ccc(-c2nnc(-c3ccccc3)o2)cc1. The number of hydrogen-bond acceptors (Lipinski definition) is 8. The lowest BCUT2D eigenvalue weighted by molar-refractivity contribution is -0.137. The summed E-state index contributed by atoms with van der Waals surface area (Å²) in [5.74, 6) is 1.32. The first-order valence-electron chi connectivity index (χ1n) is 16.0. The summed E-state index contributed by atoms with van der Waals surface area (Å²) in [6.45, 7) is 1.67. The zero-order chi connectivity index (χ0) is 38.1. The summed E-state index contributed by atoms with van der Waals surface area (Å²) < 4.78 is 61.6. The first kappa shape index (κ1) is 36.4. The Kier molecular flexibility index (Phi) is 11.0. The standard InChI is InChI=1S/C21H15FN4O2.C17H13F3N4O2/c22-16-8-12-18(13-9-16)24-21(27)23-17-10-6-15(7-11-17)20-26-25-19(28-20)14-4-2-1-3-5-14;1-10-21-15(24-26-10)11-5-7-13(8-6-11)22-16(25)23-14-4-2-3-12(9-14)17(18,19)20/h1-13H,(H2,23,24,27);2-9H,1H3,(H2,22,23,25). The van der Waals surface area contributed by atoms with E-state index in [0.29, 0.717) is 46.1 Å². The predicted molar refractivity (Wildman–Crippen MR) is 193 cm³/mol. The number of anilines is 4. The van der Waals surface area contributed by atoms with Gasteiger partial charge in [-0.2, -0.15) is 18.2 Å². The van der Waals surface area contributed by atoms with Crippen molar-refractivity contribution in [3.8, 4) is 34.3 Å². The maximum absolute atomic E-state index is 12.9. The molecule has 7 rings (SSSR count). The number of halogens is 4. The second-order valence-corrected chi connectivity index (χ2v) is 11.3. The van der Waals surface area contributed by atoms with Crippen molar-refractivity contribution >= 4 is 34.8 Å². The summed E-state index contributed by atoms with van der Waals surface area (Å²) in [4.78, 5) is 28.1. The Morgan fingerprint density at radius 2 is 1.09 bits per heavy atom. The quantitative estimate of drug-likeness (QED) is 0.118. The molecule has 0 spiro atoms. The highest BCUT2D eigenvalue weighted by Gasteiger charge is 2.30. The summed E-state index contributed by atoms with van der Waals surface area (Å²) >= 11 is 0. The van der Waals surface area contributed by atoms with E-state index in [9.17, 15) is 27.2 Å². The molecule has 0 saturated carbocycles. The van der Waals surface area contributed by atoms with E-state index in [-0.39, 0.29) is 11.5 Å². The molecule has 4 N–H and O–H groups in total. The zero-order valence-corrected chi connectivity index (χ0v) is 28.1. The number of carbonyl (C=O) groups is 2. The minimum absolute atomic E-state index is 0.0382. The third-order valence-corrected chi connectivity index (χ3v) is 7.31. The van der Waals surface area contributed by atoms with Gasteiger partial charge in [-0.1, -0.05) is 29.4 Å². The van der Waals surface area contributed by atoms with Crippen molar-refractivity contribution in [1.82, 2.24) is 20.3 Å². The number of amides is 4. The Morgan fingerprint density at radius 3 is 1.61 bits per heavy atom. The molecular formula is C38H28F4N8O4. The normalized spacial score (nSPS) is 10.8. The highest BCUT2D eigenvalue weighted by atomic mass is 19.4. The number of urea groups is 2. The van der Waals surface area contributed by atoms with Crippen LogP contribution in [0.15, 0.2) is 136 Å². The Balaban J connectivity index is 0.000000185. The molecule has 0 saturated heterocycles. The van der Waals surface area contributed by atoms with Crippen molar-refractivity contribution < 1.29 is 36.1 Å². The molecule has 2 aromatic heterocycles. The Morgan fingerprint density at radius 1 is 0.593 bits per heavy atom. The van der Waals surface area contributed by atoms with E-state index in [4.69, 9.17) is 8.94 Å². The predicted octanol–water partition coefficient (Wildman–Crippen LogP) is 9.89. The van der Waals surface area contributed by atoms with Crippen LogP contribution in [0.25, 0.3) is 34.3 Å². The van der Waals surface area contributed by atoms with Crippen molar-refractivity contribution in [2.45, 2.75) is 13.1 Å². The van der Waals surface area contributed by atoms with Crippen molar-refractivity contribution in [2.24, 2.45) is 0 Å². The Hall–Kier alpha value is -7.36. The number of aryl methyl sites for hydroxylation is 1. The van der Waals surface area contributed by atoms with Gasteiger partial charge < -0.3 is 30.2 Å². The number of benzene rings is 5. The lowest BCUT2D eigenvalue weighted by atomic mass is 10.2. The molecule has 0 aliphatic carbocycles. The first-order chi connectivity index (χ1) is 26.0. The maximum atomic E-state index is 12.9. The molecule has 4 amide bonds. The van der Waals surface area contributed by atoms with E-state index in [1.165, 1.54) is 36.4 Å². The topological polar surface area (TPSA) is 160 Å². The van der Waals surface area contributed by atoms with Crippen LogP contribution in [-0.2, 0) is 6.18 Å². The van der Waals surface area contributed by atoms with Gasteiger partial charge >= 0.3 is 18.2 Å². The van der Waals surface area contributed by atoms with Gasteiger partial charge in [0.25, 0.3) is 0 Å². The minimum atomic E-state index is -4.47. The number of aromatic nitrogens is 4. The van der Waals surface area contributed by atoms with Crippen LogP contribution in [0, 0.1) is 12.7 Å². The molecule has 0 aliphatic heterocycles. The fourth-order valence-corrected chi connectivity index (χ4v) is 4.75. The molecular weight excluding hydrogens is 708 g/mol. The van der Waals surface area contributed by atoms with Crippen LogP contribution in [0.1, 0.15) is 11.5 Å². The number of carbonyl (C=O) groups excluding carboxylic acids is 2.